The van der Waals surface area contributed by atoms with Gasteiger partial charge in [0.05, 0.1) is 0 Å². The summed E-state index contributed by atoms with van der Waals surface area (Å²) in [6.07, 6.45) is 4.69. The number of aliphatic hydroxyl groups is 1. The third-order valence-corrected chi connectivity index (χ3v) is 2.98. The molecule has 2 rings (SSSR count). The third kappa shape index (κ3) is 3.34. The van der Waals surface area contributed by atoms with Crippen LogP contribution in [0.25, 0.3) is 6.08 Å². The predicted molar refractivity (Wildman–Crippen MR) is 73.8 cm³/mol. The fourth-order valence-electron chi connectivity index (χ4n) is 2.01. The van der Waals surface area contributed by atoms with Crippen molar-refractivity contribution in [2.24, 2.45) is 0 Å². The largest absolute Gasteiger partial charge is 0.491 e. The number of benzene rings is 1. The van der Waals surface area contributed by atoms with Crippen LogP contribution >= 0.6 is 0 Å². The smallest absolute Gasteiger partial charge is 0.123 e. The van der Waals surface area contributed by atoms with Crippen LogP contribution in [-0.4, -0.2) is 30.4 Å². The summed E-state index contributed by atoms with van der Waals surface area (Å²) >= 11 is 0. The molecule has 0 amide bonds. The van der Waals surface area contributed by atoms with Crippen LogP contribution in [0, 0.1) is 0 Å². The van der Waals surface area contributed by atoms with Gasteiger partial charge in [-0.15, -0.1) is 0 Å². The summed E-state index contributed by atoms with van der Waals surface area (Å²) in [6, 6.07) is 6.42. The lowest BCUT2D eigenvalue weighted by Gasteiger charge is -2.16. The van der Waals surface area contributed by atoms with Crippen molar-refractivity contribution in [3.8, 4) is 5.75 Å². The Morgan fingerprint density at radius 2 is 2.22 bits per heavy atom. The van der Waals surface area contributed by atoms with Gasteiger partial charge in [0.15, 0.2) is 0 Å². The van der Waals surface area contributed by atoms with Crippen molar-refractivity contribution >= 4 is 6.08 Å². The van der Waals surface area contributed by atoms with E-state index in [0.717, 1.165) is 12.2 Å². The van der Waals surface area contributed by atoms with E-state index >= 15 is 0 Å². The van der Waals surface area contributed by atoms with E-state index in [9.17, 15) is 5.11 Å². The van der Waals surface area contributed by atoms with Crippen molar-refractivity contribution in [2.45, 2.75) is 32.4 Å². The van der Waals surface area contributed by atoms with Crippen LogP contribution in [-0.2, 0) is 6.42 Å². The molecule has 98 valence electrons. The molecule has 3 heteroatoms. The van der Waals surface area contributed by atoms with Crippen LogP contribution in [0.4, 0.5) is 0 Å². The van der Waals surface area contributed by atoms with Gasteiger partial charge in [0.2, 0.25) is 0 Å². The lowest BCUT2D eigenvalue weighted by molar-refractivity contribution is 0.104. The first-order valence-electron chi connectivity index (χ1n) is 6.49. The van der Waals surface area contributed by atoms with Gasteiger partial charge in [-0.05, 0) is 18.1 Å². The highest BCUT2D eigenvalue weighted by molar-refractivity contribution is 5.63. The molecular formula is C15H21NO2. The second-order valence-corrected chi connectivity index (χ2v) is 4.96. The van der Waals surface area contributed by atoms with Crippen LogP contribution in [0.5, 0.6) is 5.75 Å². The van der Waals surface area contributed by atoms with Gasteiger partial charge in [-0.1, -0.05) is 38.1 Å². The number of hydrogen-bond acceptors (Lipinski definition) is 3. The van der Waals surface area contributed by atoms with Crippen molar-refractivity contribution in [3.05, 3.63) is 35.4 Å². The summed E-state index contributed by atoms with van der Waals surface area (Å²) in [5.74, 6) is 0.890. The molecule has 1 aliphatic carbocycles. The first-order chi connectivity index (χ1) is 8.66. The Balaban J connectivity index is 1.86. The van der Waals surface area contributed by atoms with Crippen molar-refractivity contribution in [1.29, 1.82) is 0 Å². The number of ether oxygens (including phenoxy) is 1. The lowest BCUT2D eigenvalue weighted by Crippen LogP contribution is -2.35. The molecule has 0 spiro atoms. The van der Waals surface area contributed by atoms with Crippen molar-refractivity contribution < 1.29 is 9.84 Å². The molecule has 0 heterocycles. The molecular weight excluding hydrogens is 226 g/mol. The highest BCUT2D eigenvalue weighted by Gasteiger charge is 2.12. The maximum atomic E-state index is 9.80. The summed E-state index contributed by atoms with van der Waals surface area (Å²) in [5, 5.41) is 13.0. The summed E-state index contributed by atoms with van der Waals surface area (Å²) in [6.45, 7) is 5.01. The quantitative estimate of drug-likeness (QED) is 0.808. The van der Waals surface area contributed by atoms with Gasteiger partial charge in [-0.25, -0.2) is 0 Å². The minimum absolute atomic E-state index is 0.330. The normalized spacial score (nSPS) is 14.9. The van der Waals surface area contributed by atoms with Gasteiger partial charge >= 0.3 is 0 Å². The Morgan fingerprint density at radius 1 is 1.39 bits per heavy atom. The van der Waals surface area contributed by atoms with Crippen molar-refractivity contribution in [3.63, 3.8) is 0 Å². The second kappa shape index (κ2) is 6.03. The van der Waals surface area contributed by atoms with E-state index in [1.165, 1.54) is 11.1 Å². The molecule has 0 bridgehead atoms. The minimum atomic E-state index is -0.474. The molecule has 0 aromatic heterocycles. The molecule has 0 aliphatic heterocycles. The average Bonchev–Trinajstić information content (AvgIpc) is 2.82. The van der Waals surface area contributed by atoms with Gasteiger partial charge in [-0.2, -0.15) is 0 Å². The van der Waals surface area contributed by atoms with E-state index in [-0.39, 0.29) is 0 Å². The van der Waals surface area contributed by atoms with Gasteiger partial charge in [-0.3, -0.25) is 0 Å². The van der Waals surface area contributed by atoms with Gasteiger partial charge in [0.1, 0.15) is 18.5 Å². The summed E-state index contributed by atoms with van der Waals surface area (Å²) in [7, 11) is 0. The van der Waals surface area contributed by atoms with E-state index in [1.807, 2.05) is 12.1 Å². The Bertz CT molecular complexity index is 427. The van der Waals surface area contributed by atoms with Gasteiger partial charge in [0, 0.05) is 18.2 Å². The van der Waals surface area contributed by atoms with Crippen LogP contribution in [0.1, 0.15) is 25.0 Å². The zero-order chi connectivity index (χ0) is 13.0. The Labute approximate surface area is 108 Å². The summed E-state index contributed by atoms with van der Waals surface area (Å²) in [5.41, 5.74) is 2.45. The van der Waals surface area contributed by atoms with Gasteiger partial charge < -0.3 is 15.2 Å². The van der Waals surface area contributed by atoms with E-state index < -0.39 is 6.10 Å². The molecule has 1 aromatic carbocycles. The van der Waals surface area contributed by atoms with Crippen molar-refractivity contribution in [2.75, 3.05) is 13.2 Å². The maximum Gasteiger partial charge on any atom is 0.123 e. The number of hydrogen-bond donors (Lipinski definition) is 2. The first kappa shape index (κ1) is 13.1. The highest BCUT2D eigenvalue weighted by atomic mass is 16.5. The Morgan fingerprint density at radius 3 is 3.00 bits per heavy atom. The molecule has 18 heavy (non-hydrogen) atoms. The van der Waals surface area contributed by atoms with Crippen LogP contribution in [0.2, 0.25) is 0 Å². The van der Waals surface area contributed by atoms with Crippen molar-refractivity contribution in [1.82, 2.24) is 5.32 Å². The minimum Gasteiger partial charge on any atom is -0.491 e. The second-order valence-electron chi connectivity index (χ2n) is 4.96. The summed E-state index contributed by atoms with van der Waals surface area (Å²) in [4.78, 5) is 0. The molecule has 1 aromatic rings. The molecule has 1 aliphatic rings. The fraction of sp³-hybridized carbons (Fsp3) is 0.467. The molecule has 1 atom stereocenters. The highest BCUT2D eigenvalue weighted by Crippen LogP contribution is 2.28. The fourth-order valence-corrected chi connectivity index (χ4v) is 2.01. The molecule has 0 fully saturated rings. The first-order valence-corrected chi connectivity index (χ1v) is 6.49. The maximum absolute atomic E-state index is 9.80. The molecule has 3 nitrogen and oxygen atoms in total. The van der Waals surface area contributed by atoms with E-state index in [0.29, 0.717) is 19.2 Å². The molecule has 0 radical (unpaired) electrons. The topological polar surface area (TPSA) is 41.5 Å². The van der Waals surface area contributed by atoms with Crippen LogP contribution in [0.15, 0.2) is 24.3 Å². The molecule has 0 unspecified atom stereocenters. The number of aliphatic hydroxyl groups excluding tert-OH is 1. The number of rotatable bonds is 6. The zero-order valence-electron chi connectivity index (χ0n) is 11.0. The number of fused-ring (bicyclic) bond motifs is 1. The number of allylic oxidation sites excluding steroid dienone is 1. The van der Waals surface area contributed by atoms with Crippen LogP contribution < -0.4 is 10.1 Å². The molecule has 2 N–H and O–H groups in total. The monoisotopic (exact) mass is 247 g/mol. The Hall–Kier alpha value is -1.32. The third-order valence-electron chi connectivity index (χ3n) is 2.98. The average molecular weight is 247 g/mol. The Kier molecular flexibility index (Phi) is 4.39. The van der Waals surface area contributed by atoms with E-state index in [2.05, 4.69) is 37.4 Å². The van der Waals surface area contributed by atoms with E-state index in [4.69, 9.17) is 4.74 Å². The zero-order valence-corrected chi connectivity index (χ0v) is 11.0. The SMILES string of the molecule is CC(C)NC[C@@H](O)COc1cccc2c1CC=C2. The molecule has 0 saturated heterocycles. The summed E-state index contributed by atoms with van der Waals surface area (Å²) < 4.78 is 5.71. The van der Waals surface area contributed by atoms with Crippen LogP contribution in [0.3, 0.4) is 0 Å². The van der Waals surface area contributed by atoms with E-state index in [1.54, 1.807) is 0 Å². The van der Waals surface area contributed by atoms with Gasteiger partial charge in [0.25, 0.3) is 0 Å². The standard InChI is InChI=1S/C15H21NO2/c1-11(2)16-9-13(17)10-18-15-8-4-6-12-5-3-7-14(12)15/h3-6,8,11,13,16-17H,7,9-10H2,1-2H3/t13-/m1/s1. The predicted octanol–water partition coefficient (Wildman–Crippen LogP) is 1.99. The molecule has 0 saturated carbocycles. The lowest BCUT2D eigenvalue weighted by atomic mass is 10.1. The number of nitrogens with one attached hydrogen (secondary N) is 1.